The minimum atomic E-state index is -0.000118. The first-order valence-electron chi connectivity index (χ1n) is 7.09. The van der Waals surface area contributed by atoms with E-state index in [0.717, 1.165) is 18.7 Å². The van der Waals surface area contributed by atoms with E-state index in [1.165, 1.54) is 6.42 Å². The Morgan fingerprint density at radius 3 is 2.71 bits per heavy atom. The standard InChI is InChI=1S/C15H22ClN3O.ClH/c1-11-3-2-8-19(14(11)9-17)10-15(20)18-13-6-4-12(16)5-7-13;/h4-7,11,14H,2-3,8-10,17H2,1H3,(H,18,20);1H. The highest BCUT2D eigenvalue weighted by Crippen LogP contribution is 2.22. The number of amides is 1. The number of rotatable bonds is 4. The fraction of sp³-hybridized carbons (Fsp3) is 0.533. The molecule has 0 aliphatic carbocycles. The third-order valence-corrected chi connectivity index (χ3v) is 4.20. The van der Waals surface area contributed by atoms with Crippen LogP contribution in [0.15, 0.2) is 24.3 Å². The smallest absolute Gasteiger partial charge is 0.238 e. The van der Waals surface area contributed by atoms with E-state index >= 15 is 0 Å². The molecule has 1 saturated heterocycles. The number of piperidine rings is 1. The summed E-state index contributed by atoms with van der Waals surface area (Å²) in [7, 11) is 0. The number of carbonyl (C=O) groups is 1. The summed E-state index contributed by atoms with van der Waals surface area (Å²) in [5, 5.41) is 3.56. The van der Waals surface area contributed by atoms with Gasteiger partial charge in [0.15, 0.2) is 0 Å². The average molecular weight is 332 g/mol. The van der Waals surface area contributed by atoms with Gasteiger partial charge in [-0.2, -0.15) is 0 Å². The monoisotopic (exact) mass is 331 g/mol. The maximum Gasteiger partial charge on any atom is 0.238 e. The van der Waals surface area contributed by atoms with Crippen molar-refractivity contribution in [3.8, 4) is 0 Å². The Labute approximate surface area is 137 Å². The van der Waals surface area contributed by atoms with Crippen LogP contribution in [0.5, 0.6) is 0 Å². The van der Waals surface area contributed by atoms with Crippen molar-refractivity contribution in [2.75, 3.05) is 25.0 Å². The van der Waals surface area contributed by atoms with Crippen LogP contribution in [0.25, 0.3) is 0 Å². The van der Waals surface area contributed by atoms with Gasteiger partial charge in [0.2, 0.25) is 5.91 Å². The Balaban J connectivity index is 0.00000220. The van der Waals surface area contributed by atoms with Gasteiger partial charge in [-0.25, -0.2) is 0 Å². The molecular formula is C15H23Cl2N3O. The van der Waals surface area contributed by atoms with E-state index in [-0.39, 0.29) is 18.3 Å². The van der Waals surface area contributed by atoms with Gasteiger partial charge in [0.05, 0.1) is 6.54 Å². The lowest BCUT2D eigenvalue weighted by atomic mass is 9.91. The molecular weight excluding hydrogens is 309 g/mol. The molecule has 0 radical (unpaired) electrons. The van der Waals surface area contributed by atoms with Crippen LogP contribution in [-0.2, 0) is 4.79 Å². The van der Waals surface area contributed by atoms with Crippen LogP contribution in [0.2, 0.25) is 5.02 Å². The molecule has 2 rings (SSSR count). The van der Waals surface area contributed by atoms with Crippen LogP contribution >= 0.6 is 24.0 Å². The van der Waals surface area contributed by atoms with Crippen molar-refractivity contribution < 1.29 is 4.79 Å². The van der Waals surface area contributed by atoms with E-state index in [4.69, 9.17) is 17.3 Å². The fourth-order valence-electron chi connectivity index (χ4n) is 2.83. The Morgan fingerprint density at radius 2 is 2.10 bits per heavy atom. The summed E-state index contributed by atoms with van der Waals surface area (Å²) >= 11 is 5.82. The van der Waals surface area contributed by atoms with Crippen LogP contribution in [0.1, 0.15) is 19.8 Å². The highest BCUT2D eigenvalue weighted by atomic mass is 35.5. The van der Waals surface area contributed by atoms with E-state index in [0.29, 0.717) is 30.1 Å². The Kier molecular flexibility index (Phi) is 7.46. The zero-order valence-electron chi connectivity index (χ0n) is 12.2. The summed E-state index contributed by atoms with van der Waals surface area (Å²) in [4.78, 5) is 14.3. The molecule has 1 fully saturated rings. The lowest BCUT2D eigenvalue weighted by Crippen LogP contribution is -2.51. The van der Waals surface area contributed by atoms with Crippen molar-refractivity contribution in [2.24, 2.45) is 11.7 Å². The Hall–Kier alpha value is -0.810. The first-order chi connectivity index (χ1) is 9.60. The third-order valence-electron chi connectivity index (χ3n) is 3.95. The molecule has 0 bridgehead atoms. The molecule has 3 N–H and O–H groups in total. The molecule has 1 aliphatic rings. The zero-order chi connectivity index (χ0) is 14.5. The number of hydrogen-bond donors (Lipinski definition) is 2. The van der Waals surface area contributed by atoms with Crippen LogP contribution in [0.4, 0.5) is 5.69 Å². The predicted molar refractivity (Wildman–Crippen MR) is 90.1 cm³/mol. The van der Waals surface area contributed by atoms with Gasteiger partial charge < -0.3 is 11.1 Å². The summed E-state index contributed by atoms with van der Waals surface area (Å²) in [6, 6.07) is 7.45. The second-order valence-electron chi connectivity index (χ2n) is 5.45. The predicted octanol–water partition coefficient (Wildman–Crippen LogP) is 2.76. The molecule has 2 atom stereocenters. The summed E-state index contributed by atoms with van der Waals surface area (Å²) in [5.41, 5.74) is 6.61. The molecule has 1 aromatic carbocycles. The second kappa shape index (κ2) is 8.59. The minimum Gasteiger partial charge on any atom is -0.329 e. The molecule has 6 heteroatoms. The van der Waals surface area contributed by atoms with Crippen LogP contribution < -0.4 is 11.1 Å². The lowest BCUT2D eigenvalue weighted by Gasteiger charge is -2.38. The van der Waals surface area contributed by atoms with Crippen LogP contribution in [0, 0.1) is 5.92 Å². The quantitative estimate of drug-likeness (QED) is 0.891. The highest BCUT2D eigenvalue weighted by molar-refractivity contribution is 6.30. The van der Waals surface area contributed by atoms with E-state index in [2.05, 4.69) is 17.1 Å². The van der Waals surface area contributed by atoms with Crippen LogP contribution in [-0.4, -0.2) is 36.5 Å². The largest absolute Gasteiger partial charge is 0.329 e. The van der Waals surface area contributed by atoms with Crippen molar-refractivity contribution in [1.29, 1.82) is 0 Å². The number of halogens is 2. The van der Waals surface area contributed by atoms with Gasteiger partial charge in [0.25, 0.3) is 0 Å². The van der Waals surface area contributed by atoms with E-state index in [1.807, 2.05) is 0 Å². The molecule has 118 valence electrons. The average Bonchev–Trinajstić information content (AvgIpc) is 2.42. The third kappa shape index (κ3) is 5.15. The molecule has 1 aromatic rings. The second-order valence-corrected chi connectivity index (χ2v) is 5.88. The Morgan fingerprint density at radius 1 is 1.43 bits per heavy atom. The number of nitrogens with two attached hydrogens (primary N) is 1. The molecule has 0 spiro atoms. The van der Waals surface area contributed by atoms with Gasteiger partial charge in [-0.1, -0.05) is 18.5 Å². The van der Waals surface area contributed by atoms with E-state index in [9.17, 15) is 4.79 Å². The van der Waals surface area contributed by atoms with Crippen molar-refractivity contribution in [2.45, 2.75) is 25.8 Å². The maximum atomic E-state index is 12.1. The van der Waals surface area contributed by atoms with Crippen molar-refractivity contribution in [3.63, 3.8) is 0 Å². The van der Waals surface area contributed by atoms with Crippen molar-refractivity contribution in [1.82, 2.24) is 4.90 Å². The number of likely N-dealkylation sites (tertiary alicyclic amines) is 1. The number of nitrogens with one attached hydrogen (secondary N) is 1. The van der Waals surface area contributed by atoms with Gasteiger partial charge in [-0.3, -0.25) is 9.69 Å². The molecule has 0 saturated carbocycles. The number of benzene rings is 1. The summed E-state index contributed by atoms with van der Waals surface area (Å²) in [5.74, 6) is 0.553. The molecule has 21 heavy (non-hydrogen) atoms. The van der Waals surface area contributed by atoms with Gasteiger partial charge in [-0.05, 0) is 49.6 Å². The molecule has 1 heterocycles. The molecule has 1 amide bonds. The number of carbonyl (C=O) groups excluding carboxylic acids is 1. The summed E-state index contributed by atoms with van der Waals surface area (Å²) in [6.45, 7) is 4.16. The van der Waals surface area contributed by atoms with Crippen molar-refractivity contribution in [3.05, 3.63) is 29.3 Å². The number of nitrogens with zero attached hydrogens (tertiary/aromatic N) is 1. The highest BCUT2D eigenvalue weighted by Gasteiger charge is 2.28. The van der Waals surface area contributed by atoms with Gasteiger partial charge >= 0.3 is 0 Å². The maximum absolute atomic E-state index is 12.1. The summed E-state index contributed by atoms with van der Waals surface area (Å²) < 4.78 is 0. The number of anilines is 1. The molecule has 0 aromatic heterocycles. The van der Waals surface area contributed by atoms with Gasteiger partial charge in [0.1, 0.15) is 0 Å². The Bertz CT molecular complexity index is 453. The fourth-order valence-corrected chi connectivity index (χ4v) is 2.96. The molecule has 4 nitrogen and oxygen atoms in total. The zero-order valence-corrected chi connectivity index (χ0v) is 13.8. The first-order valence-corrected chi connectivity index (χ1v) is 7.47. The molecule has 2 unspecified atom stereocenters. The van der Waals surface area contributed by atoms with E-state index < -0.39 is 0 Å². The normalized spacial score (nSPS) is 22.4. The minimum absolute atomic E-state index is 0. The first kappa shape index (κ1) is 18.2. The lowest BCUT2D eigenvalue weighted by molar-refractivity contribution is -0.118. The van der Waals surface area contributed by atoms with Gasteiger partial charge in [-0.15, -0.1) is 12.4 Å². The number of hydrogen-bond acceptors (Lipinski definition) is 3. The van der Waals surface area contributed by atoms with E-state index in [1.54, 1.807) is 24.3 Å². The van der Waals surface area contributed by atoms with Crippen LogP contribution in [0.3, 0.4) is 0 Å². The SMILES string of the molecule is CC1CCCN(CC(=O)Nc2ccc(Cl)cc2)C1CN.Cl. The summed E-state index contributed by atoms with van der Waals surface area (Å²) in [6.07, 6.45) is 2.32. The molecule has 1 aliphatic heterocycles. The van der Waals surface area contributed by atoms with Crippen molar-refractivity contribution >= 4 is 35.6 Å². The topological polar surface area (TPSA) is 58.4 Å². The van der Waals surface area contributed by atoms with Gasteiger partial charge in [0, 0.05) is 23.3 Å².